The van der Waals surface area contributed by atoms with E-state index in [9.17, 15) is 35.1 Å². The van der Waals surface area contributed by atoms with Crippen molar-refractivity contribution in [1.29, 1.82) is 0 Å². The van der Waals surface area contributed by atoms with E-state index in [0.29, 0.717) is 0 Å². The number of aliphatic hydroxyl groups excluding tert-OH is 4. The summed E-state index contributed by atoms with van der Waals surface area (Å²) in [6, 6.07) is 2.79. The average molecular weight is 447 g/mol. The van der Waals surface area contributed by atoms with Gasteiger partial charge in [0.05, 0.1) is 13.7 Å². The standard InChI is InChI=1S/C18H26N2O11/c1-20-13-11(23)5-18(28,31-15(13)14(25)12(24)6-21)17(27)30-7-29-16(26)9-4-8(19)2-3-10(9)22/h2-4,11-15,20-25,28H,5-7,19H2,1H3/p+1/t11-,12?,13?,14?,15-,18?/m0/s1. The van der Waals surface area contributed by atoms with E-state index in [-0.39, 0.29) is 11.3 Å². The van der Waals surface area contributed by atoms with Crippen LogP contribution < -0.4 is 11.1 Å². The Kier molecular flexibility index (Phi) is 8.14. The fourth-order valence-corrected chi connectivity index (χ4v) is 3.20. The second-order valence-corrected chi connectivity index (χ2v) is 7.05. The van der Waals surface area contributed by atoms with E-state index < -0.39 is 73.8 Å². The van der Waals surface area contributed by atoms with Gasteiger partial charge in [-0.3, -0.25) is 0 Å². The largest absolute Gasteiger partial charge is 0.507 e. The SMILES string of the molecule is C[NH2+]C1[C@@H](C(O)C(O)CO)OC(O)(C(=O)OCOC(=O)c2cc(N)ccc2O)C[C@@H]1O. The van der Waals surface area contributed by atoms with E-state index in [1.165, 1.54) is 24.5 Å². The van der Waals surface area contributed by atoms with Crippen LogP contribution in [0.3, 0.4) is 0 Å². The van der Waals surface area contributed by atoms with Crippen LogP contribution in [0.1, 0.15) is 16.8 Å². The lowest BCUT2D eigenvalue weighted by Crippen LogP contribution is -2.94. The van der Waals surface area contributed by atoms with Crippen molar-refractivity contribution < 1.29 is 59.8 Å². The summed E-state index contributed by atoms with van der Waals surface area (Å²) in [6.45, 7) is -1.80. The molecule has 0 spiro atoms. The fourth-order valence-electron chi connectivity index (χ4n) is 3.20. The Hall–Kier alpha value is -2.52. The van der Waals surface area contributed by atoms with Gasteiger partial charge in [-0.15, -0.1) is 0 Å². The maximum atomic E-state index is 12.3. The monoisotopic (exact) mass is 447 g/mol. The van der Waals surface area contributed by atoms with Gasteiger partial charge in [0.1, 0.15) is 41.8 Å². The number of benzene rings is 1. The number of hydrogen-bond donors (Lipinski definition) is 8. The summed E-state index contributed by atoms with van der Waals surface area (Å²) in [7, 11) is 1.54. The van der Waals surface area contributed by atoms with Gasteiger partial charge in [-0.1, -0.05) is 0 Å². The molecule has 0 aliphatic carbocycles. The number of likely N-dealkylation sites (N-methyl/N-ethyl adjacent to an activating group) is 1. The molecule has 1 fully saturated rings. The Balaban J connectivity index is 2.04. The van der Waals surface area contributed by atoms with Gasteiger partial charge in [0, 0.05) is 12.1 Å². The number of carbonyl (C=O) groups excluding carboxylic acids is 2. The minimum Gasteiger partial charge on any atom is -0.507 e. The third kappa shape index (κ3) is 5.59. The molecule has 10 N–H and O–H groups in total. The summed E-state index contributed by atoms with van der Waals surface area (Å²) in [6.07, 6.45) is -6.87. The highest BCUT2D eigenvalue weighted by Gasteiger charge is 2.55. The molecule has 0 aromatic heterocycles. The highest BCUT2D eigenvalue weighted by Crippen LogP contribution is 2.30. The smallest absolute Gasteiger partial charge is 0.369 e. The van der Waals surface area contributed by atoms with Gasteiger partial charge in [0.25, 0.3) is 5.79 Å². The molecule has 1 heterocycles. The number of quaternary nitrogens is 1. The molecule has 1 aliphatic heterocycles. The van der Waals surface area contributed by atoms with Crippen LogP contribution in [-0.4, -0.2) is 99.3 Å². The number of esters is 2. The molecule has 2 rings (SSSR count). The summed E-state index contributed by atoms with van der Waals surface area (Å²) in [5.74, 6) is -5.63. The molecule has 0 saturated carbocycles. The molecule has 1 aromatic carbocycles. The number of rotatable bonds is 8. The number of phenolic OH excluding ortho intramolecular Hbond substituents is 1. The summed E-state index contributed by atoms with van der Waals surface area (Å²) >= 11 is 0. The van der Waals surface area contributed by atoms with E-state index in [2.05, 4.69) is 0 Å². The highest BCUT2D eigenvalue weighted by molar-refractivity contribution is 5.93. The van der Waals surface area contributed by atoms with Crippen LogP contribution in [0, 0.1) is 0 Å². The normalized spacial score (nSPS) is 27.9. The fraction of sp³-hybridized carbons (Fsp3) is 0.556. The van der Waals surface area contributed by atoms with Crippen molar-refractivity contribution in [3.63, 3.8) is 0 Å². The molecule has 13 nitrogen and oxygen atoms in total. The average Bonchev–Trinajstić information content (AvgIpc) is 2.73. The van der Waals surface area contributed by atoms with Crippen molar-refractivity contribution in [3.05, 3.63) is 23.8 Å². The van der Waals surface area contributed by atoms with Crippen LogP contribution in [0.15, 0.2) is 18.2 Å². The van der Waals surface area contributed by atoms with Crippen molar-refractivity contribution >= 4 is 17.6 Å². The molecule has 174 valence electrons. The number of hydrogen-bond acceptors (Lipinski definition) is 12. The van der Waals surface area contributed by atoms with E-state index in [1.807, 2.05) is 0 Å². The molecule has 31 heavy (non-hydrogen) atoms. The Labute approximate surface area is 176 Å². The van der Waals surface area contributed by atoms with Gasteiger partial charge in [-0.05, 0) is 18.2 Å². The number of anilines is 1. The zero-order valence-corrected chi connectivity index (χ0v) is 16.6. The molecule has 1 saturated heterocycles. The van der Waals surface area contributed by atoms with Crippen LogP contribution in [0.5, 0.6) is 5.75 Å². The maximum Gasteiger partial charge on any atom is 0.369 e. The number of aliphatic hydroxyl groups is 5. The highest BCUT2D eigenvalue weighted by atomic mass is 16.7. The van der Waals surface area contributed by atoms with Gasteiger partial charge in [-0.2, -0.15) is 0 Å². The third-order valence-corrected chi connectivity index (χ3v) is 4.88. The number of nitrogen functional groups attached to an aromatic ring is 1. The molecular formula is C18H27N2O11+. The Morgan fingerprint density at radius 3 is 2.65 bits per heavy atom. The number of ether oxygens (including phenoxy) is 3. The molecule has 1 aliphatic rings. The molecular weight excluding hydrogens is 420 g/mol. The first-order chi connectivity index (χ1) is 14.5. The predicted octanol–water partition coefficient (Wildman–Crippen LogP) is -4.25. The third-order valence-electron chi connectivity index (χ3n) is 4.88. The van der Waals surface area contributed by atoms with Crippen molar-refractivity contribution in [2.45, 2.75) is 42.7 Å². The van der Waals surface area contributed by atoms with Crippen molar-refractivity contribution in [2.24, 2.45) is 0 Å². The topological polar surface area (TPSA) is 226 Å². The summed E-state index contributed by atoms with van der Waals surface area (Å²) < 4.78 is 14.7. The van der Waals surface area contributed by atoms with Crippen molar-refractivity contribution in [2.75, 3.05) is 26.2 Å². The quantitative estimate of drug-likeness (QED) is 0.0820. The van der Waals surface area contributed by atoms with Crippen LogP contribution >= 0.6 is 0 Å². The summed E-state index contributed by atoms with van der Waals surface area (Å²) in [5, 5.41) is 60.8. The minimum absolute atomic E-state index is 0.178. The molecule has 4 unspecified atom stereocenters. The zero-order chi connectivity index (χ0) is 23.3. The first kappa shape index (κ1) is 24.7. The Morgan fingerprint density at radius 2 is 2.03 bits per heavy atom. The number of phenols is 1. The molecule has 13 heteroatoms. The first-order valence-electron chi connectivity index (χ1n) is 9.31. The van der Waals surface area contributed by atoms with Crippen LogP contribution in [-0.2, 0) is 19.0 Å². The van der Waals surface area contributed by atoms with Crippen molar-refractivity contribution in [1.82, 2.24) is 0 Å². The number of carbonyl (C=O) groups is 2. The van der Waals surface area contributed by atoms with E-state index in [4.69, 9.17) is 25.1 Å². The summed E-state index contributed by atoms with van der Waals surface area (Å²) in [4.78, 5) is 24.3. The van der Waals surface area contributed by atoms with Crippen LogP contribution in [0.2, 0.25) is 0 Å². The number of nitrogens with two attached hydrogens (primary N) is 2. The van der Waals surface area contributed by atoms with Crippen LogP contribution in [0.25, 0.3) is 0 Å². The molecule has 0 amide bonds. The lowest BCUT2D eigenvalue weighted by atomic mass is 9.89. The predicted molar refractivity (Wildman–Crippen MR) is 100 cm³/mol. The molecule has 6 atom stereocenters. The zero-order valence-electron chi connectivity index (χ0n) is 16.6. The second-order valence-electron chi connectivity index (χ2n) is 7.05. The van der Waals surface area contributed by atoms with Gasteiger partial charge in [0.2, 0.25) is 6.79 Å². The lowest BCUT2D eigenvalue weighted by Gasteiger charge is -2.43. The summed E-state index contributed by atoms with van der Waals surface area (Å²) in [5.41, 5.74) is 5.43. The number of aromatic hydroxyl groups is 1. The Bertz CT molecular complexity index is 792. The van der Waals surface area contributed by atoms with Gasteiger partial charge in [-0.25, -0.2) is 9.59 Å². The van der Waals surface area contributed by atoms with E-state index in [0.717, 1.165) is 6.07 Å². The minimum atomic E-state index is -2.73. The second kappa shape index (κ2) is 10.2. The maximum absolute atomic E-state index is 12.3. The van der Waals surface area contributed by atoms with Gasteiger partial charge in [0.15, 0.2) is 0 Å². The van der Waals surface area contributed by atoms with Crippen LogP contribution in [0.4, 0.5) is 5.69 Å². The van der Waals surface area contributed by atoms with Gasteiger partial charge < -0.3 is 55.9 Å². The van der Waals surface area contributed by atoms with Crippen molar-refractivity contribution in [3.8, 4) is 5.75 Å². The van der Waals surface area contributed by atoms with Gasteiger partial charge >= 0.3 is 11.9 Å². The van der Waals surface area contributed by atoms with E-state index >= 15 is 0 Å². The molecule has 0 bridgehead atoms. The van der Waals surface area contributed by atoms with E-state index in [1.54, 1.807) is 0 Å². The molecule has 1 aromatic rings. The lowest BCUT2D eigenvalue weighted by molar-refractivity contribution is -0.688. The molecule has 0 radical (unpaired) electrons. The Morgan fingerprint density at radius 1 is 1.35 bits per heavy atom. The first-order valence-corrected chi connectivity index (χ1v) is 9.31.